The fourth-order valence-corrected chi connectivity index (χ4v) is 1.43. The van der Waals surface area contributed by atoms with Crippen LogP contribution in [0.3, 0.4) is 0 Å². The van der Waals surface area contributed by atoms with Crippen molar-refractivity contribution in [2.24, 2.45) is 0 Å². The normalized spacial score (nSPS) is 11.8. The highest BCUT2D eigenvalue weighted by atomic mass is 35.5. The van der Waals surface area contributed by atoms with E-state index in [9.17, 15) is 0 Å². The molecule has 0 unspecified atom stereocenters. The van der Waals surface area contributed by atoms with Gasteiger partial charge in [-0.2, -0.15) is 5.48 Å². The second-order valence-corrected chi connectivity index (χ2v) is 5.04. The van der Waals surface area contributed by atoms with E-state index in [4.69, 9.17) is 16.4 Å². The van der Waals surface area contributed by atoms with Gasteiger partial charge in [0.15, 0.2) is 0 Å². The van der Waals surface area contributed by atoms with Gasteiger partial charge in [0.05, 0.1) is 5.60 Å². The molecule has 3 heteroatoms. The van der Waals surface area contributed by atoms with E-state index >= 15 is 0 Å². The molecule has 0 aromatic heterocycles. The number of nitrogens with one attached hydrogen (secondary N) is 1. The van der Waals surface area contributed by atoms with Crippen LogP contribution in [-0.4, -0.2) is 5.60 Å². The predicted molar refractivity (Wildman–Crippen MR) is 63.9 cm³/mol. The van der Waals surface area contributed by atoms with Crippen LogP contribution in [0.25, 0.3) is 0 Å². The van der Waals surface area contributed by atoms with Gasteiger partial charge in [-0.05, 0) is 44.9 Å². The molecule has 0 aliphatic heterocycles. The first-order chi connectivity index (χ1) is 6.88. The molecular weight excluding hydrogens is 210 g/mol. The summed E-state index contributed by atoms with van der Waals surface area (Å²) in [5, 5.41) is 0.778. The van der Waals surface area contributed by atoms with Crippen LogP contribution in [0.4, 0.5) is 0 Å². The summed E-state index contributed by atoms with van der Waals surface area (Å²) in [4.78, 5) is 5.41. The lowest BCUT2D eigenvalue weighted by molar-refractivity contribution is -0.0757. The molecule has 0 spiro atoms. The molecular formula is C12H18ClNO. The third-order valence-electron chi connectivity index (χ3n) is 1.85. The second kappa shape index (κ2) is 4.97. The molecule has 0 heterocycles. The van der Waals surface area contributed by atoms with E-state index in [-0.39, 0.29) is 5.60 Å². The Hall–Kier alpha value is -0.570. The molecule has 1 aromatic rings. The first-order valence-electron chi connectivity index (χ1n) is 5.04. The Morgan fingerprint density at radius 1 is 1.33 bits per heavy atom. The van der Waals surface area contributed by atoms with Gasteiger partial charge in [0.2, 0.25) is 0 Å². The van der Waals surface area contributed by atoms with E-state index in [1.807, 2.05) is 45.9 Å². The number of halogens is 1. The first-order valence-corrected chi connectivity index (χ1v) is 5.42. The number of rotatable bonds is 3. The SMILES string of the molecule is Cc1ccc(CNOC(C)(C)C)c(Cl)c1. The lowest BCUT2D eigenvalue weighted by atomic mass is 10.1. The molecule has 15 heavy (non-hydrogen) atoms. The van der Waals surface area contributed by atoms with Gasteiger partial charge in [-0.1, -0.05) is 23.7 Å². The summed E-state index contributed by atoms with van der Waals surface area (Å²) < 4.78 is 0. The minimum Gasteiger partial charge on any atom is -0.296 e. The van der Waals surface area contributed by atoms with Crippen molar-refractivity contribution in [2.45, 2.75) is 39.8 Å². The Bertz CT molecular complexity index is 331. The number of hydrogen-bond acceptors (Lipinski definition) is 2. The first kappa shape index (κ1) is 12.5. The van der Waals surface area contributed by atoms with Crippen molar-refractivity contribution in [1.82, 2.24) is 5.48 Å². The molecule has 0 atom stereocenters. The smallest absolute Gasteiger partial charge is 0.0813 e. The standard InChI is InChI=1S/C12H18ClNO/c1-9-5-6-10(11(13)7-9)8-14-15-12(2,3)4/h5-7,14H,8H2,1-4H3. The average Bonchev–Trinajstić information content (AvgIpc) is 2.07. The van der Waals surface area contributed by atoms with Gasteiger partial charge in [-0.3, -0.25) is 4.84 Å². The van der Waals surface area contributed by atoms with Crippen LogP contribution in [0.15, 0.2) is 18.2 Å². The van der Waals surface area contributed by atoms with Crippen LogP contribution >= 0.6 is 11.6 Å². The predicted octanol–water partition coefficient (Wildman–Crippen LogP) is 3.47. The third-order valence-corrected chi connectivity index (χ3v) is 2.20. The summed E-state index contributed by atoms with van der Waals surface area (Å²) in [6.45, 7) is 8.63. The highest BCUT2D eigenvalue weighted by Gasteiger charge is 2.10. The van der Waals surface area contributed by atoms with Crippen molar-refractivity contribution in [1.29, 1.82) is 0 Å². The van der Waals surface area contributed by atoms with Gasteiger partial charge in [0, 0.05) is 11.6 Å². The maximum Gasteiger partial charge on any atom is 0.0813 e. The molecule has 0 bridgehead atoms. The summed E-state index contributed by atoms with van der Waals surface area (Å²) in [5.74, 6) is 0. The minimum atomic E-state index is -0.183. The molecule has 0 aliphatic carbocycles. The van der Waals surface area contributed by atoms with E-state index in [2.05, 4.69) is 5.48 Å². The summed E-state index contributed by atoms with van der Waals surface area (Å²) in [7, 11) is 0. The van der Waals surface area contributed by atoms with Crippen molar-refractivity contribution in [3.63, 3.8) is 0 Å². The van der Waals surface area contributed by atoms with E-state index in [0.29, 0.717) is 6.54 Å². The monoisotopic (exact) mass is 227 g/mol. The van der Waals surface area contributed by atoms with Gasteiger partial charge in [-0.15, -0.1) is 0 Å². The fraction of sp³-hybridized carbons (Fsp3) is 0.500. The Morgan fingerprint density at radius 3 is 2.53 bits per heavy atom. The fourth-order valence-electron chi connectivity index (χ4n) is 1.13. The van der Waals surface area contributed by atoms with Crippen LogP contribution in [0.1, 0.15) is 31.9 Å². The Morgan fingerprint density at radius 2 is 2.00 bits per heavy atom. The highest BCUT2D eigenvalue weighted by Crippen LogP contribution is 2.17. The molecule has 0 saturated heterocycles. The zero-order chi connectivity index (χ0) is 11.5. The molecule has 2 nitrogen and oxygen atoms in total. The topological polar surface area (TPSA) is 21.3 Å². The van der Waals surface area contributed by atoms with Crippen LogP contribution in [0, 0.1) is 6.92 Å². The van der Waals surface area contributed by atoms with E-state index in [1.165, 1.54) is 5.56 Å². The maximum absolute atomic E-state index is 6.08. The van der Waals surface area contributed by atoms with E-state index in [1.54, 1.807) is 0 Å². The molecule has 0 amide bonds. The largest absolute Gasteiger partial charge is 0.296 e. The van der Waals surface area contributed by atoms with E-state index in [0.717, 1.165) is 10.6 Å². The quantitative estimate of drug-likeness (QED) is 0.799. The second-order valence-electron chi connectivity index (χ2n) is 4.63. The van der Waals surface area contributed by atoms with Crippen LogP contribution < -0.4 is 5.48 Å². The van der Waals surface area contributed by atoms with Gasteiger partial charge in [0.1, 0.15) is 0 Å². The Balaban J connectivity index is 2.51. The lowest BCUT2D eigenvalue weighted by Crippen LogP contribution is -2.28. The van der Waals surface area contributed by atoms with Crippen LogP contribution in [-0.2, 0) is 11.4 Å². The summed E-state index contributed by atoms with van der Waals surface area (Å²) >= 11 is 6.08. The van der Waals surface area contributed by atoms with E-state index < -0.39 is 0 Å². The zero-order valence-corrected chi connectivity index (χ0v) is 10.5. The molecule has 1 aromatic carbocycles. The van der Waals surface area contributed by atoms with Crippen LogP contribution in [0.2, 0.25) is 5.02 Å². The molecule has 84 valence electrons. The number of hydrogen-bond donors (Lipinski definition) is 1. The molecule has 0 saturated carbocycles. The Kier molecular flexibility index (Phi) is 4.14. The van der Waals surface area contributed by atoms with Gasteiger partial charge in [0.25, 0.3) is 0 Å². The summed E-state index contributed by atoms with van der Waals surface area (Å²) in [6.07, 6.45) is 0. The van der Waals surface area contributed by atoms with Gasteiger partial charge < -0.3 is 0 Å². The van der Waals surface area contributed by atoms with Crippen molar-refractivity contribution >= 4 is 11.6 Å². The number of aryl methyl sites for hydroxylation is 1. The Labute approximate surface area is 96.5 Å². The molecule has 0 radical (unpaired) electrons. The van der Waals surface area contributed by atoms with Crippen molar-refractivity contribution in [2.75, 3.05) is 0 Å². The summed E-state index contributed by atoms with van der Waals surface area (Å²) in [6, 6.07) is 6.01. The van der Waals surface area contributed by atoms with Gasteiger partial charge >= 0.3 is 0 Å². The van der Waals surface area contributed by atoms with Crippen molar-refractivity contribution in [3.8, 4) is 0 Å². The lowest BCUT2D eigenvalue weighted by Gasteiger charge is -2.19. The minimum absolute atomic E-state index is 0.183. The number of hydroxylamine groups is 1. The van der Waals surface area contributed by atoms with Gasteiger partial charge in [-0.25, -0.2) is 0 Å². The molecule has 0 fully saturated rings. The molecule has 1 rings (SSSR count). The third kappa shape index (κ3) is 4.65. The number of benzene rings is 1. The maximum atomic E-state index is 6.08. The van der Waals surface area contributed by atoms with Crippen molar-refractivity contribution in [3.05, 3.63) is 34.3 Å². The highest BCUT2D eigenvalue weighted by molar-refractivity contribution is 6.31. The van der Waals surface area contributed by atoms with Crippen LogP contribution in [0.5, 0.6) is 0 Å². The molecule has 1 N–H and O–H groups in total. The zero-order valence-electron chi connectivity index (χ0n) is 9.73. The molecule has 0 aliphatic rings. The van der Waals surface area contributed by atoms with Crippen molar-refractivity contribution < 1.29 is 4.84 Å². The average molecular weight is 228 g/mol. The summed E-state index contributed by atoms with van der Waals surface area (Å²) in [5.41, 5.74) is 4.95.